The second kappa shape index (κ2) is 5.44. The van der Waals surface area contributed by atoms with Crippen molar-refractivity contribution in [1.29, 1.82) is 0 Å². The van der Waals surface area contributed by atoms with Crippen molar-refractivity contribution in [2.75, 3.05) is 0 Å². The number of carboxylic acid groups (broad SMARTS) is 2. The molecule has 4 N–H and O–H groups in total. The molecule has 1 aliphatic rings. The summed E-state index contributed by atoms with van der Waals surface area (Å²) in [5, 5.41) is 38.3. The van der Waals surface area contributed by atoms with E-state index < -0.39 is 42.2 Å². The van der Waals surface area contributed by atoms with Crippen molar-refractivity contribution in [2.45, 2.75) is 32.3 Å². The van der Waals surface area contributed by atoms with Gasteiger partial charge in [0.15, 0.2) is 0 Å². The Bertz CT molecular complexity index is 448. The average Bonchev–Trinajstić information content (AvgIpc) is 2.27. The van der Waals surface area contributed by atoms with Gasteiger partial charge in [0.25, 0.3) is 0 Å². The summed E-state index contributed by atoms with van der Waals surface area (Å²) in [6, 6.07) is 0. The van der Waals surface area contributed by atoms with Crippen molar-refractivity contribution in [1.82, 2.24) is 0 Å². The first-order valence-corrected chi connectivity index (χ1v) is 5.95. The molecule has 0 radical (unpaired) electrons. The minimum Gasteiger partial charge on any atom is -0.512 e. The number of hydrogen-bond donors (Lipinski definition) is 4. The summed E-state index contributed by atoms with van der Waals surface area (Å²) >= 11 is 0. The van der Waals surface area contributed by atoms with Crippen LogP contribution in [0.3, 0.4) is 0 Å². The van der Waals surface area contributed by atoms with Gasteiger partial charge in [-0.2, -0.15) is 0 Å². The monoisotopic (exact) mass is 270 g/mol. The number of carbonyl (C=O) groups is 2. The highest BCUT2D eigenvalue weighted by Gasteiger charge is 2.47. The van der Waals surface area contributed by atoms with Gasteiger partial charge in [-0.05, 0) is 17.6 Å². The fourth-order valence-corrected chi connectivity index (χ4v) is 2.46. The number of allylic oxidation sites excluding steroid dienone is 2. The molecule has 0 aromatic carbocycles. The first kappa shape index (κ1) is 15.2. The highest BCUT2D eigenvalue weighted by molar-refractivity contribution is 5.72. The zero-order chi connectivity index (χ0) is 14.8. The minimum absolute atomic E-state index is 0.207. The van der Waals surface area contributed by atoms with Crippen LogP contribution in [0.5, 0.6) is 0 Å². The quantitative estimate of drug-likeness (QED) is 0.599. The van der Waals surface area contributed by atoms with Crippen LogP contribution in [0.1, 0.15) is 26.7 Å². The van der Waals surface area contributed by atoms with Crippen LogP contribution < -0.4 is 0 Å². The molecule has 0 fully saturated rings. The number of hydrogen-bond acceptors (Lipinski definition) is 4. The molecule has 0 aromatic heterocycles. The second-order valence-corrected chi connectivity index (χ2v) is 4.98. The van der Waals surface area contributed by atoms with Gasteiger partial charge < -0.3 is 20.4 Å². The van der Waals surface area contributed by atoms with Gasteiger partial charge in [0.05, 0.1) is 30.1 Å². The Hall–Kier alpha value is -1.82. The summed E-state index contributed by atoms with van der Waals surface area (Å²) in [6.07, 6.45) is 1.74. The summed E-state index contributed by atoms with van der Waals surface area (Å²) in [6.45, 7) is 3.31. The molecular formula is C13H18O6. The van der Waals surface area contributed by atoms with Gasteiger partial charge in [0.2, 0.25) is 0 Å². The molecule has 19 heavy (non-hydrogen) atoms. The molecule has 0 bridgehead atoms. The van der Waals surface area contributed by atoms with E-state index in [0.29, 0.717) is 0 Å². The molecule has 0 aromatic rings. The van der Waals surface area contributed by atoms with Crippen molar-refractivity contribution in [3.63, 3.8) is 0 Å². The van der Waals surface area contributed by atoms with Gasteiger partial charge in [-0.25, -0.2) is 0 Å². The molecule has 1 rings (SSSR count). The van der Waals surface area contributed by atoms with E-state index in [1.54, 1.807) is 13.8 Å². The molecule has 2 unspecified atom stereocenters. The van der Waals surface area contributed by atoms with Gasteiger partial charge >= 0.3 is 11.9 Å². The third-order valence-electron chi connectivity index (χ3n) is 3.46. The van der Waals surface area contributed by atoms with E-state index in [2.05, 4.69) is 0 Å². The van der Waals surface area contributed by atoms with Crippen LogP contribution in [0.15, 0.2) is 23.5 Å². The maximum Gasteiger partial charge on any atom is 0.307 e. The van der Waals surface area contributed by atoms with Crippen molar-refractivity contribution >= 4 is 11.9 Å². The fraction of sp³-hybridized carbons (Fsp3) is 0.538. The predicted octanol–water partition coefficient (Wildman–Crippen LogP) is 1.32. The number of carboxylic acids is 2. The van der Waals surface area contributed by atoms with E-state index in [-0.39, 0.29) is 11.3 Å². The second-order valence-electron chi connectivity index (χ2n) is 4.98. The molecule has 0 heterocycles. The molecule has 106 valence electrons. The fourth-order valence-electron chi connectivity index (χ4n) is 2.46. The minimum atomic E-state index is -1.67. The lowest BCUT2D eigenvalue weighted by Gasteiger charge is -2.42. The van der Waals surface area contributed by atoms with Gasteiger partial charge in [0, 0.05) is 0 Å². The topological polar surface area (TPSA) is 115 Å². The van der Waals surface area contributed by atoms with Crippen LogP contribution in [0.4, 0.5) is 0 Å². The lowest BCUT2D eigenvalue weighted by molar-refractivity contribution is -0.141. The molecule has 0 saturated carbocycles. The number of aliphatic hydroxyl groups excluding tert-OH is 1. The highest BCUT2D eigenvalue weighted by Crippen LogP contribution is 2.42. The van der Waals surface area contributed by atoms with Crippen LogP contribution in [0.25, 0.3) is 0 Å². The van der Waals surface area contributed by atoms with Crippen LogP contribution in [-0.4, -0.2) is 38.0 Å². The molecule has 2 atom stereocenters. The van der Waals surface area contributed by atoms with Crippen LogP contribution in [0.2, 0.25) is 0 Å². The van der Waals surface area contributed by atoms with E-state index in [1.807, 2.05) is 0 Å². The zero-order valence-corrected chi connectivity index (χ0v) is 10.8. The Labute approximate surface area is 110 Å². The van der Waals surface area contributed by atoms with E-state index in [1.165, 1.54) is 12.2 Å². The number of aliphatic carboxylic acids is 2. The Morgan fingerprint density at radius 2 is 1.84 bits per heavy atom. The molecular weight excluding hydrogens is 252 g/mol. The van der Waals surface area contributed by atoms with Crippen molar-refractivity contribution in [3.8, 4) is 0 Å². The average molecular weight is 270 g/mol. The first-order valence-electron chi connectivity index (χ1n) is 5.95. The van der Waals surface area contributed by atoms with E-state index >= 15 is 0 Å². The lowest BCUT2D eigenvalue weighted by Crippen LogP contribution is -2.48. The van der Waals surface area contributed by atoms with Gasteiger partial charge in [-0.3, -0.25) is 9.59 Å². The predicted molar refractivity (Wildman–Crippen MR) is 66.6 cm³/mol. The maximum absolute atomic E-state index is 10.9. The Kier molecular flexibility index (Phi) is 4.36. The van der Waals surface area contributed by atoms with E-state index in [9.17, 15) is 19.8 Å². The Morgan fingerprint density at radius 1 is 1.26 bits per heavy atom. The van der Waals surface area contributed by atoms with Crippen LogP contribution >= 0.6 is 0 Å². The summed E-state index contributed by atoms with van der Waals surface area (Å²) in [5.74, 6) is -4.00. The largest absolute Gasteiger partial charge is 0.512 e. The zero-order valence-electron chi connectivity index (χ0n) is 10.8. The summed E-state index contributed by atoms with van der Waals surface area (Å²) < 4.78 is 0. The normalized spacial score (nSPS) is 26.8. The molecule has 6 nitrogen and oxygen atoms in total. The smallest absolute Gasteiger partial charge is 0.307 e. The molecule has 1 aliphatic carbocycles. The lowest BCUT2D eigenvalue weighted by atomic mass is 9.68. The van der Waals surface area contributed by atoms with Gasteiger partial charge in [-0.1, -0.05) is 19.9 Å². The molecule has 0 saturated heterocycles. The first-order chi connectivity index (χ1) is 8.69. The molecule has 0 spiro atoms. The van der Waals surface area contributed by atoms with E-state index in [0.717, 1.165) is 0 Å². The standard InChI is InChI=1S/C13H18O6/c1-7(2)13(19)8(5-11(15)16)3-4-10(14)9(13)6-12(17)18/h3-4,7,9,14,19H,5-6H2,1-2H3,(H,15,16)(H,17,18). The van der Waals surface area contributed by atoms with Gasteiger partial charge in [0.1, 0.15) is 0 Å². The molecule has 0 aliphatic heterocycles. The number of rotatable bonds is 5. The van der Waals surface area contributed by atoms with Crippen LogP contribution in [-0.2, 0) is 9.59 Å². The SMILES string of the molecule is CC(C)C1(O)C(CC(=O)O)=CC=C(O)C1CC(=O)O. The third-order valence-corrected chi connectivity index (χ3v) is 3.46. The summed E-state index contributed by atoms with van der Waals surface area (Å²) in [5.41, 5.74) is -1.46. The Balaban J connectivity index is 3.24. The molecule has 0 amide bonds. The Morgan fingerprint density at radius 3 is 2.26 bits per heavy atom. The number of aliphatic hydroxyl groups is 2. The summed E-state index contributed by atoms with van der Waals surface area (Å²) in [4.78, 5) is 21.7. The maximum atomic E-state index is 10.9. The van der Waals surface area contributed by atoms with Crippen molar-refractivity contribution in [2.24, 2.45) is 11.8 Å². The van der Waals surface area contributed by atoms with Crippen LogP contribution in [0, 0.1) is 11.8 Å². The van der Waals surface area contributed by atoms with E-state index in [4.69, 9.17) is 10.2 Å². The van der Waals surface area contributed by atoms with Crippen molar-refractivity contribution in [3.05, 3.63) is 23.5 Å². The third kappa shape index (κ3) is 2.96. The molecule has 6 heteroatoms. The highest BCUT2D eigenvalue weighted by atomic mass is 16.4. The van der Waals surface area contributed by atoms with Gasteiger partial charge in [-0.15, -0.1) is 0 Å². The summed E-state index contributed by atoms with van der Waals surface area (Å²) in [7, 11) is 0. The van der Waals surface area contributed by atoms with Crippen molar-refractivity contribution < 1.29 is 30.0 Å².